The van der Waals surface area contributed by atoms with Crippen LogP contribution in [0.25, 0.3) is 0 Å². The monoisotopic (exact) mass is 302 g/mol. The van der Waals surface area contributed by atoms with Gasteiger partial charge in [-0.3, -0.25) is 4.57 Å². The molecule has 4 nitrogen and oxygen atoms in total. The van der Waals surface area contributed by atoms with Crippen molar-refractivity contribution in [3.63, 3.8) is 0 Å². The van der Waals surface area contributed by atoms with Gasteiger partial charge in [0, 0.05) is 4.47 Å². The summed E-state index contributed by atoms with van der Waals surface area (Å²) in [7, 11) is -5.61. The highest BCUT2D eigenvalue weighted by molar-refractivity contribution is 9.10. The summed E-state index contributed by atoms with van der Waals surface area (Å²) in [6.07, 6.45) is 0. The van der Waals surface area contributed by atoms with Gasteiger partial charge in [0.15, 0.2) is 0 Å². The number of phenolic OH excluding ortho intramolecular Hbond substituents is 1. The summed E-state index contributed by atoms with van der Waals surface area (Å²) < 4.78 is 36.8. The molecule has 0 fully saturated rings. The molecule has 84 valence electrons. The zero-order valence-corrected chi connectivity index (χ0v) is 9.54. The molecular weight excluding hydrogens is 297 g/mol. The van der Waals surface area contributed by atoms with Gasteiger partial charge in [-0.1, -0.05) is 15.9 Å². The summed E-state index contributed by atoms with van der Waals surface area (Å²) in [5, 5.41) is 8.96. The molecular formula is C7H6BrF2O4P. The zero-order chi connectivity index (χ0) is 11.9. The van der Waals surface area contributed by atoms with Gasteiger partial charge in [0.2, 0.25) is 0 Å². The van der Waals surface area contributed by atoms with E-state index in [9.17, 15) is 13.3 Å². The van der Waals surface area contributed by atoms with Crippen LogP contribution >= 0.6 is 23.5 Å². The molecule has 0 spiro atoms. The van der Waals surface area contributed by atoms with E-state index in [1.54, 1.807) is 0 Å². The minimum Gasteiger partial charge on any atom is -0.508 e. The number of benzene rings is 1. The molecule has 1 rings (SSSR count). The SMILES string of the molecule is O=P(O)(O)C(F)(F)c1cc(O)ccc1Br. The quantitative estimate of drug-likeness (QED) is 0.733. The standard InChI is InChI=1S/C7H6BrF2O4P/c8-6-2-1-4(11)3-5(6)7(9,10)15(12,13)14/h1-3,11H,(H2,12,13,14). The van der Waals surface area contributed by atoms with Crippen molar-refractivity contribution in [2.24, 2.45) is 0 Å². The summed E-state index contributed by atoms with van der Waals surface area (Å²) >= 11 is 2.72. The van der Waals surface area contributed by atoms with Crippen molar-refractivity contribution in [3.8, 4) is 5.75 Å². The summed E-state index contributed by atoms with van der Waals surface area (Å²) in [5.41, 5.74) is -5.28. The molecule has 0 heterocycles. The van der Waals surface area contributed by atoms with E-state index in [2.05, 4.69) is 15.9 Å². The third kappa shape index (κ3) is 2.36. The second kappa shape index (κ2) is 3.83. The van der Waals surface area contributed by atoms with Crippen LogP contribution in [0, 0.1) is 0 Å². The smallest absolute Gasteiger partial charge is 0.399 e. The van der Waals surface area contributed by atoms with Crippen molar-refractivity contribution in [1.82, 2.24) is 0 Å². The third-order valence-electron chi connectivity index (χ3n) is 1.64. The Morgan fingerprint density at radius 1 is 1.33 bits per heavy atom. The fourth-order valence-electron chi connectivity index (χ4n) is 0.901. The van der Waals surface area contributed by atoms with Crippen LogP contribution in [0.15, 0.2) is 22.7 Å². The van der Waals surface area contributed by atoms with Crippen molar-refractivity contribution in [3.05, 3.63) is 28.2 Å². The number of hydrogen-bond donors (Lipinski definition) is 3. The van der Waals surface area contributed by atoms with Gasteiger partial charge in [-0.15, -0.1) is 0 Å². The van der Waals surface area contributed by atoms with E-state index in [0.29, 0.717) is 6.07 Å². The highest BCUT2D eigenvalue weighted by Crippen LogP contribution is 2.60. The molecule has 0 saturated heterocycles. The molecule has 3 N–H and O–H groups in total. The lowest BCUT2D eigenvalue weighted by Gasteiger charge is -2.19. The highest BCUT2D eigenvalue weighted by Gasteiger charge is 2.51. The van der Waals surface area contributed by atoms with Crippen LogP contribution in [0.3, 0.4) is 0 Å². The van der Waals surface area contributed by atoms with Crippen molar-refractivity contribution in [2.45, 2.75) is 5.66 Å². The fraction of sp³-hybridized carbons (Fsp3) is 0.143. The van der Waals surface area contributed by atoms with Gasteiger partial charge in [0.1, 0.15) is 5.75 Å². The van der Waals surface area contributed by atoms with Crippen molar-refractivity contribution >= 4 is 23.5 Å². The average Bonchev–Trinajstić information content (AvgIpc) is 2.07. The largest absolute Gasteiger partial charge is 0.508 e. The molecule has 0 unspecified atom stereocenters. The highest BCUT2D eigenvalue weighted by atomic mass is 79.9. The topological polar surface area (TPSA) is 77.8 Å². The number of halogens is 3. The Balaban J connectivity index is 3.39. The van der Waals surface area contributed by atoms with E-state index in [0.717, 1.165) is 12.1 Å². The van der Waals surface area contributed by atoms with E-state index in [1.807, 2.05) is 0 Å². The molecule has 0 aliphatic carbocycles. The fourth-order valence-corrected chi connectivity index (χ4v) is 2.05. The van der Waals surface area contributed by atoms with Crippen molar-refractivity contribution < 1.29 is 28.2 Å². The predicted molar refractivity (Wildman–Crippen MR) is 51.7 cm³/mol. The molecule has 0 aromatic heterocycles. The van der Waals surface area contributed by atoms with E-state index < -0.39 is 24.6 Å². The Morgan fingerprint density at radius 2 is 1.87 bits per heavy atom. The number of phenols is 1. The molecule has 1 aromatic carbocycles. The molecule has 1 aromatic rings. The van der Waals surface area contributed by atoms with Crippen LogP contribution < -0.4 is 0 Å². The van der Waals surface area contributed by atoms with Gasteiger partial charge in [-0.2, -0.15) is 8.78 Å². The van der Waals surface area contributed by atoms with Crippen LogP contribution in [0.4, 0.5) is 8.78 Å². The second-order valence-electron chi connectivity index (χ2n) is 2.75. The Hall–Kier alpha value is -0.490. The van der Waals surface area contributed by atoms with Crippen molar-refractivity contribution in [1.29, 1.82) is 0 Å². The number of hydrogen-bond acceptors (Lipinski definition) is 2. The van der Waals surface area contributed by atoms with Crippen LogP contribution in [-0.2, 0) is 10.2 Å². The molecule has 0 atom stereocenters. The second-order valence-corrected chi connectivity index (χ2v) is 5.25. The van der Waals surface area contributed by atoms with Crippen LogP contribution in [0.1, 0.15) is 5.56 Å². The Bertz CT molecular complexity index is 431. The first kappa shape index (κ1) is 12.6. The maximum absolute atomic E-state index is 13.2. The Kier molecular flexibility index (Phi) is 3.21. The van der Waals surface area contributed by atoms with E-state index >= 15 is 0 Å². The van der Waals surface area contributed by atoms with Gasteiger partial charge < -0.3 is 14.9 Å². The van der Waals surface area contributed by atoms with Crippen LogP contribution in [0.5, 0.6) is 5.75 Å². The number of alkyl halides is 2. The first-order valence-corrected chi connectivity index (χ1v) is 5.99. The van der Waals surface area contributed by atoms with E-state index in [-0.39, 0.29) is 4.47 Å². The third-order valence-corrected chi connectivity index (χ3v) is 3.30. The first-order valence-electron chi connectivity index (χ1n) is 3.58. The maximum Gasteiger partial charge on any atom is 0.399 e. The summed E-state index contributed by atoms with van der Waals surface area (Å²) in [4.78, 5) is 16.9. The predicted octanol–water partition coefficient (Wildman–Crippen LogP) is 2.38. The zero-order valence-electron chi connectivity index (χ0n) is 7.06. The summed E-state index contributed by atoms with van der Waals surface area (Å²) in [5.74, 6) is -0.499. The molecule has 0 radical (unpaired) electrons. The summed E-state index contributed by atoms with van der Waals surface area (Å²) in [6.45, 7) is 0. The normalized spacial score (nSPS) is 12.9. The lowest BCUT2D eigenvalue weighted by Crippen LogP contribution is -2.14. The molecule has 0 aliphatic heterocycles. The molecule has 0 amide bonds. The van der Waals surface area contributed by atoms with Gasteiger partial charge in [0.25, 0.3) is 0 Å². The Morgan fingerprint density at radius 3 is 2.33 bits per heavy atom. The van der Waals surface area contributed by atoms with E-state index in [1.165, 1.54) is 0 Å². The molecule has 8 heteroatoms. The number of rotatable bonds is 2. The number of aromatic hydroxyl groups is 1. The molecule has 0 bridgehead atoms. The lowest BCUT2D eigenvalue weighted by atomic mass is 10.2. The minimum absolute atomic E-state index is 0.186. The first-order chi connectivity index (χ1) is 6.66. The summed E-state index contributed by atoms with van der Waals surface area (Å²) in [6, 6.07) is 2.79. The maximum atomic E-state index is 13.2. The van der Waals surface area contributed by atoms with Crippen molar-refractivity contribution in [2.75, 3.05) is 0 Å². The van der Waals surface area contributed by atoms with Gasteiger partial charge in [0.05, 0.1) is 5.56 Å². The molecule has 15 heavy (non-hydrogen) atoms. The van der Waals surface area contributed by atoms with Gasteiger partial charge in [-0.05, 0) is 18.2 Å². The van der Waals surface area contributed by atoms with Crippen LogP contribution in [0.2, 0.25) is 0 Å². The minimum atomic E-state index is -5.61. The lowest BCUT2D eigenvalue weighted by molar-refractivity contribution is 0.0555. The molecule has 0 aliphatic rings. The average molecular weight is 303 g/mol. The van der Waals surface area contributed by atoms with Gasteiger partial charge in [-0.25, -0.2) is 0 Å². The van der Waals surface area contributed by atoms with Gasteiger partial charge >= 0.3 is 13.3 Å². The van der Waals surface area contributed by atoms with E-state index in [4.69, 9.17) is 14.9 Å². The van der Waals surface area contributed by atoms with Crippen LogP contribution in [-0.4, -0.2) is 14.9 Å². The molecule has 0 saturated carbocycles. The Labute approximate surface area is 91.8 Å².